The molecule has 0 radical (unpaired) electrons. The summed E-state index contributed by atoms with van der Waals surface area (Å²) in [6.07, 6.45) is 0. The Kier molecular flexibility index (Phi) is 4.62. The molecule has 114 valence electrons. The minimum absolute atomic E-state index is 0.0824. The maximum absolute atomic E-state index is 12.9. The molecule has 0 saturated carbocycles. The minimum Gasteiger partial charge on any atom is -0.409 e. The molecule has 0 spiro atoms. The van der Waals surface area contributed by atoms with Crippen LogP contribution in [0, 0.1) is 11.7 Å². The highest BCUT2D eigenvalue weighted by atomic mass is 19.1. The Balaban J connectivity index is 1.94. The average Bonchev–Trinajstić information content (AvgIpc) is 2.53. The number of piperazine rings is 1. The van der Waals surface area contributed by atoms with Crippen LogP contribution in [0.1, 0.15) is 6.92 Å². The minimum atomic E-state index is -0.632. The van der Waals surface area contributed by atoms with E-state index >= 15 is 0 Å². The van der Waals surface area contributed by atoms with Crippen LogP contribution in [0.25, 0.3) is 0 Å². The molecule has 3 N–H and O–H groups in total. The summed E-state index contributed by atoms with van der Waals surface area (Å²) >= 11 is 0. The van der Waals surface area contributed by atoms with E-state index in [1.165, 1.54) is 12.1 Å². The number of carbonyl (C=O) groups excluding carboxylic acids is 1. The van der Waals surface area contributed by atoms with E-state index in [1.54, 1.807) is 24.0 Å². The Morgan fingerprint density at radius 3 is 2.38 bits per heavy atom. The zero-order valence-corrected chi connectivity index (χ0v) is 11.9. The van der Waals surface area contributed by atoms with Crippen LogP contribution in [0.15, 0.2) is 29.4 Å². The zero-order chi connectivity index (χ0) is 15.4. The summed E-state index contributed by atoms with van der Waals surface area (Å²) in [6.45, 7) is 4.06. The van der Waals surface area contributed by atoms with E-state index in [0.29, 0.717) is 26.2 Å². The van der Waals surface area contributed by atoms with Gasteiger partial charge in [0.15, 0.2) is 5.84 Å². The standard InChI is InChI=1S/C14H19FN4O2/c1-10(13(16)17-21)14(20)19-8-6-18(7-9-19)12-4-2-11(15)3-5-12/h2-5,10,21H,6-9H2,1H3,(H2,16,17). The van der Waals surface area contributed by atoms with Gasteiger partial charge in [0, 0.05) is 31.9 Å². The van der Waals surface area contributed by atoms with Gasteiger partial charge in [-0.15, -0.1) is 0 Å². The van der Waals surface area contributed by atoms with E-state index in [-0.39, 0.29) is 17.6 Å². The first kappa shape index (κ1) is 15.1. The van der Waals surface area contributed by atoms with Crippen molar-refractivity contribution >= 4 is 17.4 Å². The lowest BCUT2D eigenvalue weighted by molar-refractivity contribution is -0.133. The summed E-state index contributed by atoms with van der Waals surface area (Å²) in [6, 6.07) is 6.30. The number of rotatable bonds is 3. The molecule has 1 saturated heterocycles. The molecule has 1 atom stereocenters. The van der Waals surface area contributed by atoms with Crippen molar-refractivity contribution in [2.24, 2.45) is 16.8 Å². The van der Waals surface area contributed by atoms with Gasteiger partial charge in [-0.2, -0.15) is 0 Å². The van der Waals surface area contributed by atoms with Gasteiger partial charge in [0.2, 0.25) is 5.91 Å². The summed E-state index contributed by atoms with van der Waals surface area (Å²) < 4.78 is 12.9. The molecule has 1 unspecified atom stereocenters. The van der Waals surface area contributed by atoms with Crippen molar-refractivity contribution in [3.05, 3.63) is 30.1 Å². The van der Waals surface area contributed by atoms with Crippen molar-refractivity contribution in [2.75, 3.05) is 31.1 Å². The maximum atomic E-state index is 12.9. The second-order valence-corrected chi connectivity index (χ2v) is 5.04. The molecule has 1 aromatic carbocycles. The molecule has 1 fully saturated rings. The second kappa shape index (κ2) is 6.43. The van der Waals surface area contributed by atoms with Crippen molar-refractivity contribution in [3.8, 4) is 0 Å². The van der Waals surface area contributed by atoms with Crippen molar-refractivity contribution in [1.29, 1.82) is 0 Å². The molecule has 2 rings (SSSR count). The number of amidine groups is 1. The van der Waals surface area contributed by atoms with Gasteiger partial charge in [-0.1, -0.05) is 5.16 Å². The average molecular weight is 294 g/mol. The first-order valence-electron chi connectivity index (χ1n) is 6.79. The quantitative estimate of drug-likeness (QED) is 0.375. The van der Waals surface area contributed by atoms with Gasteiger partial charge in [0.05, 0.1) is 5.92 Å². The maximum Gasteiger partial charge on any atom is 0.233 e. The summed E-state index contributed by atoms with van der Waals surface area (Å²) in [5.41, 5.74) is 6.40. The third-order valence-corrected chi connectivity index (χ3v) is 3.71. The Labute approximate surface area is 122 Å². The summed E-state index contributed by atoms with van der Waals surface area (Å²) in [5.74, 6) is -1.13. The van der Waals surface area contributed by atoms with Gasteiger partial charge in [-0.05, 0) is 31.2 Å². The number of benzene rings is 1. The Morgan fingerprint density at radius 1 is 1.29 bits per heavy atom. The van der Waals surface area contributed by atoms with Crippen LogP contribution < -0.4 is 10.6 Å². The van der Waals surface area contributed by atoms with E-state index in [1.807, 2.05) is 0 Å². The number of nitrogens with two attached hydrogens (primary N) is 1. The molecule has 0 aromatic heterocycles. The topological polar surface area (TPSA) is 82.2 Å². The number of halogens is 1. The fraction of sp³-hybridized carbons (Fsp3) is 0.429. The Bertz CT molecular complexity index is 524. The Morgan fingerprint density at radius 2 is 1.86 bits per heavy atom. The van der Waals surface area contributed by atoms with E-state index < -0.39 is 5.92 Å². The van der Waals surface area contributed by atoms with Gasteiger partial charge in [0.25, 0.3) is 0 Å². The molecule has 21 heavy (non-hydrogen) atoms. The van der Waals surface area contributed by atoms with Crippen LogP contribution in [-0.2, 0) is 4.79 Å². The SMILES string of the molecule is CC(C(=O)N1CCN(c2ccc(F)cc2)CC1)C(N)=NO. The highest BCUT2D eigenvalue weighted by Gasteiger charge is 2.27. The van der Waals surface area contributed by atoms with Crippen molar-refractivity contribution in [1.82, 2.24) is 4.90 Å². The van der Waals surface area contributed by atoms with Crippen molar-refractivity contribution in [3.63, 3.8) is 0 Å². The fourth-order valence-corrected chi connectivity index (χ4v) is 2.32. The van der Waals surface area contributed by atoms with E-state index in [0.717, 1.165) is 5.69 Å². The largest absolute Gasteiger partial charge is 0.409 e. The lowest BCUT2D eigenvalue weighted by atomic mass is 10.1. The third kappa shape index (κ3) is 3.42. The highest BCUT2D eigenvalue weighted by Crippen LogP contribution is 2.17. The smallest absolute Gasteiger partial charge is 0.233 e. The third-order valence-electron chi connectivity index (χ3n) is 3.71. The van der Waals surface area contributed by atoms with Crippen LogP contribution in [-0.4, -0.2) is 48.0 Å². The van der Waals surface area contributed by atoms with Crippen LogP contribution in [0.5, 0.6) is 0 Å². The first-order chi connectivity index (χ1) is 10.0. The number of hydrogen-bond acceptors (Lipinski definition) is 4. The molecule has 1 aliphatic heterocycles. The monoisotopic (exact) mass is 294 g/mol. The second-order valence-electron chi connectivity index (χ2n) is 5.04. The lowest BCUT2D eigenvalue weighted by Crippen LogP contribution is -2.51. The number of oxime groups is 1. The van der Waals surface area contributed by atoms with E-state index in [2.05, 4.69) is 10.1 Å². The number of nitrogens with zero attached hydrogens (tertiary/aromatic N) is 3. The first-order valence-corrected chi connectivity index (χ1v) is 6.79. The summed E-state index contributed by atoms with van der Waals surface area (Å²) in [7, 11) is 0. The molecule has 0 aliphatic carbocycles. The van der Waals surface area contributed by atoms with Crippen LogP contribution in [0.2, 0.25) is 0 Å². The number of anilines is 1. The number of carbonyl (C=O) groups is 1. The van der Waals surface area contributed by atoms with Gasteiger partial charge in [0.1, 0.15) is 5.82 Å². The predicted octanol–water partition coefficient (Wildman–Crippen LogP) is 0.857. The van der Waals surface area contributed by atoms with E-state index in [9.17, 15) is 9.18 Å². The molecule has 1 aromatic rings. The molecule has 6 nitrogen and oxygen atoms in total. The van der Waals surface area contributed by atoms with Crippen molar-refractivity contribution < 1.29 is 14.4 Å². The number of amides is 1. The predicted molar refractivity (Wildman–Crippen MR) is 77.8 cm³/mol. The molecular weight excluding hydrogens is 275 g/mol. The normalized spacial score (nSPS) is 17.7. The van der Waals surface area contributed by atoms with Crippen LogP contribution >= 0.6 is 0 Å². The lowest BCUT2D eigenvalue weighted by Gasteiger charge is -2.37. The fourth-order valence-electron chi connectivity index (χ4n) is 2.32. The molecule has 1 aliphatic rings. The molecule has 7 heteroatoms. The van der Waals surface area contributed by atoms with Gasteiger partial charge in [-0.3, -0.25) is 4.79 Å². The Hall–Kier alpha value is -2.31. The highest BCUT2D eigenvalue weighted by molar-refractivity contribution is 6.01. The van der Waals surface area contributed by atoms with Crippen molar-refractivity contribution in [2.45, 2.75) is 6.92 Å². The molecular formula is C14H19FN4O2. The number of hydrogen-bond donors (Lipinski definition) is 2. The molecule has 1 heterocycles. The van der Waals surface area contributed by atoms with Gasteiger partial charge < -0.3 is 20.7 Å². The van der Waals surface area contributed by atoms with Gasteiger partial charge in [-0.25, -0.2) is 4.39 Å². The van der Waals surface area contributed by atoms with Crippen LogP contribution in [0.4, 0.5) is 10.1 Å². The summed E-state index contributed by atoms with van der Waals surface area (Å²) in [4.78, 5) is 16.0. The van der Waals surface area contributed by atoms with E-state index in [4.69, 9.17) is 10.9 Å². The summed E-state index contributed by atoms with van der Waals surface area (Å²) in [5, 5.41) is 11.5. The molecule has 0 bridgehead atoms. The van der Waals surface area contributed by atoms with Gasteiger partial charge >= 0.3 is 0 Å². The van der Waals surface area contributed by atoms with Crippen LogP contribution in [0.3, 0.4) is 0 Å². The zero-order valence-electron chi connectivity index (χ0n) is 11.9. The molecule has 1 amide bonds.